The molecule has 0 radical (unpaired) electrons. The van der Waals surface area contributed by atoms with Crippen LogP contribution >= 0.6 is 22.6 Å². The van der Waals surface area contributed by atoms with E-state index in [4.69, 9.17) is 5.11 Å². The maximum Gasteiger partial charge on any atom is 0.312 e. The number of carboxylic acids is 1. The molecule has 0 bridgehead atoms. The lowest BCUT2D eigenvalue weighted by atomic mass is 10.1. The average Bonchev–Trinajstić information content (AvgIpc) is 2.08. The SMILES string of the molecule is CC(C(=O)O)c1nc[nH]c(=O)c1I. The van der Waals surface area contributed by atoms with Gasteiger partial charge in [-0.2, -0.15) is 0 Å². The van der Waals surface area contributed by atoms with E-state index in [9.17, 15) is 9.59 Å². The maximum absolute atomic E-state index is 11.1. The van der Waals surface area contributed by atoms with Crippen LogP contribution in [0.4, 0.5) is 0 Å². The summed E-state index contributed by atoms with van der Waals surface area (Å²) in [5.74, 6) is -1.75. The molecule has 70 valence electrons. The van der Waals surface area contributed by atoms with Gasteiger partial charge in [-0.05, 0) is 29.5 Å². The smallest absolute Gasteiger partial charge is 0.312 e. The lowest BCUT2D eigenvalue weighted by Crippen LogP contribution is -2.19. The van der Waals surface area contributed by atoms with Crippen molar-refractivity contribution >= 4 is 28.6 Å². The van der Waals surface area contributed by atoms with E-state index in [1.54, 1.807) is 22.6 Å². The first kappa shape index (κ1) is 10.2. The predicted molar refractivity (Wildman–Crippen MR) is 53.6 cm³/mol. The van der Waals surface area contributed by atoms with E-state index in [-0.39, 0.29) is 5.56 Å². The van der Waals surface area contributed by atoms with E-state index < -0.39 is 11.9 Å². The molecule has 0 saturated heterocycles. The molecule has 0 spiro atoms. The third kappa shape index (κ3) is 2.06. The number of nitrogens with one attached hydrogen (secondary N) is 1. The Balaban J connectivity index is 3.23. The van der Waals surface area contributed by atoms with Crippen molar-refractivity contribution in [2.45, 2.75) is 12.8 Å². The number of aliphatic carboxylic acids is 1. The zero-order chi connectivity index (χ0) is 10.0. The molecule has 0 saturated carbocycles. The molecule has 0 aliphatic carbocycles. The highest BCUT2D eigenvalue weighted by molar-refractivity contribution is 14.1. The van der Waals surface area contributed by atoms with Crippen LogP contribution in [-0.2, 0) is 4.79 Å². The lowest BCUT2D eigenvalue weighted by Gasteiger charge is -2.05. The van der Waals surface area contributed by atoms with Crippen molar-refractivity contribution in [2.75, 3.05) is 0 Å². The van der Waals surface area contributed by atoms with Crippen molar-refractivity contribution in [3.05, 3.63) is 25.9 Å². The van der Waals surface area contributed by atoms with Gasteiger partial charge in [-0.15, -0.1) is 0 Å². The van der Waals surface area contributed by atoms with Crippen LogP contribution in [0, 0.1) is 3.57 Å². The first-order valence-corrected chi connectivity index (χ1v) is 4.57. The Bertz CT molecular complexity index is 388. The monoisotopic (exact) mass is 294 g/mol. The van der Waals surface area contributed by atoms with Gasteiger partial charge in [-0.3, -0.25) is 9.59 Å². The van der Waals surface area contributed by atoms with E-state index >= 15 is 0 Å². The Morgan fingerprint density at radius 1 is 1.77 bits per heavy atom. The molecule has 1 aromatic heterocycles. The van der Waals surface area contributed by atoms with Crippen LogP contribution in [-0.4, -0.2) is 21.0 Å². The Kier molecular flexibility index (Phi) is 3.02. The number of hydrogen-bond donors (Lipinski definition) is 2. The number of nitrogens with zero attached hydrogens (tertiary/aromatic N) is 1. The number of aromatic nitrogens is 2. The summed E-state index contributed by atoms with van der Waals surface area (Å²) in [5, 5.41) is 8.70. The number of halogens is 1. The van der Waals surface area contributed by atoms with Gasteiger partial charge in [0, 0.05) is 0 Å². The average molecular weight is 294 g/mol. The van der Waals surface area contributed by atoms with Crippen LogP contribution < -0.4 is 5.56 Å². The summed E-state index contributed by atoms with van der Waals surface area (Å²) in [5.41, 5.74) is -0.00412. The van der Waals surface area contributed by atoms with Crippen molar-refractivity contribution in [3.8, 4) is 0 Å². The Morgan fingerprint density at radius 3 is 2.92 bits per heavy atom. The normalized spacial score (nSPS) is 12.5. The van der Waals surface area contributed by atoms with Gasteiger partial charge in [0.15, 0.2) is 0 Å². The molecule has 0 amide bonds. The van der Waals surface area contributed by atoms with Gasteiger partial charge < -0.3 is 10.1 Å². The van der Waals surface area contributed by atoms with Crippen LogP contribution in [0.2, 0.25) is 0 Å². The van der Waals surface area contributed by atoms with E-state index in [0.717, 1.165) is 0 Å². The van der Waals surface area contributed by atoms with Crippen LogP contribution in [0.5, 0.6) is 0 Å². The van der Waals surface area contributed by atoms with E-state index in [0.29, 0.717) is 9.26 Å². The number of hydrogen-bond acceptors (Lipinski definition) is 3. The molecule has 1 aromatic rings. The number of aromatic amines is 1. The standard InChI is InChI=1S/C7H7IN2O3/c1-3(7(12)13)5-4(8)6(11)10-2-9-5/h2-3H,1H3,(H,12,13)(H,9,10,11). The molecule has 1 unspecified atom stereocenters. The minimum absolute atomic E-state index is 0.303. The minimum Gasteiger partial charge on any atom is -0.481 e. The highest BCUT2D eigenvalue weighted by atomic mass is 127. The summed E-state index contributed by atoms with van der Waals surface area (Å²) in [4.78, 5) is 27.9. The summed E-state index contributed by atoms with van der Waals surface area (Å²) in [7, 11) is 0. The molecule has 2 N–H and O–H groups in total. The lowest BCUT2D eigenvalue weighted by molar-refractivity contribution is -0.138. The topological polar surface area (TPSA) is 83.0 Å². The molecule has 1 heterocycles. The van der Waals surface area contributed by atoms with Gasteiger partial charge in [0.2, 0.25) is 0 Å². The second-order valence-corrected chi connectivity index (χ2v) is 3.57. The van der Waals surface area contributed by atoms with E-state index in [1.807, 2.05) is 0 Å². The fourth-order valence-electron chi connectivity index (χ4n) is 0.816. The molecular formula is C7H7IN2O3. The fraction of sp³-hybridized carbons (Fsp3) is 0.286. The van der Waals surface area contributed by atoms with Crippen LogP contribution in [0.3, 0.4) is 0 Å². The second-order valence-electron chi connectivity index (χ2n) is 2.49. The quantitative estimate of drug-likeness (QED) is 0.781. The Hall–Kier alpha value is -0.920. The van der Waals surface area contributed by atoms with Crippen LogP contribution in [0.15, 0.2) is 11.1 Å². The minimum atomic E-state index is -0.990. The largest absolute Gasteiger partial charge is 0.481 e. The van der Waals surface area contributed by atoms with Gasteiger partial charge in [-0.1, -0.05) is 0 Å². The molecular weight excluding hydrogens is 287 g/mol. The second kappa shape index (κ2) is 3.86. The molecule has 0 aromatic carbocycles. The van der Waals surface area contributed by atoms with E-state index in [2.05, 4.69) is 9.97 Å². The number of rotatable bonds is 2. The molecule has 0 aliphatic rings. The third-order valence-electron chi connectivity index (χ3n) is 1.60. The van der Waals surface area contributed by atoms with Crippen molar-refractivity contribution in [1.82, 2.24) is 9.97 Å². The summed E-state index contributed by atoms with van der Waals surface area (Å²) >= 11 is 1.78. The van der Waals surface area contributed by atoms with Crippen molar-refractivity contribution in [2.24, 2.45) is 0 Å². The summed E-state index contributed by atoms with van der Waals surface area (Å²) < 4.78 is 0.329. The summed E-state index contributed by atoms with van der Waals surface area (Å²) in [6.45, 7) is 1.49. The van der Waals surface area contributed by atoms with Crippen molar-refractivity contribution in [3.63, 3.8) is 0 Å². The zero-order valence-electron chi connectivity index (χ0n) is 6.74. The Morgan fingerprint density at radius 2 is 2.38 bits per heavy atom. The van der Waals surface area contributed by atoms with E-state index in [1.165, 1.54) is 13.3 Å². The molecule has 1 rings (SSSR count). The molecule has 5 nitrogen and oxygen atoms in total. The molecule has 0 fully saturated rings. The first-order chi connectivity index (χ1) is 6.04. The molecule has 0 aliphatic heterocycles. The van der Waals surface area contributed by atoms with Crippen LogP contribution in [0.1, 0.15) is 18.5 Å². The summed E-state index contributed by atoms with van der Waals surface area (Å²) in [6, 6.07) is 0. The highest BCUT2D eigenvalue weighted by Gasteiger charge is 2.19. The van der Waals surface area contributed by atoms with Gasteiger partial charge in [-0.25, -0.2) is 4.98 Å². The number of carboxylic acid groups (broad SMARTS) is 1. The summed E-state index contributed by atoms with van der Waals surface area (Å²) in [6.07, 6.45) is 1.21. The van der Waals surface area contributed by atoms with Gasteiger partial charge in [0.1, 0.15) is 3.57 Å². The molecule has 1 atom stereocenters. The zero-order valence-corrected chi connectivity index (χ0v) is 8.90. The number of H-pyrrole nitrogens is 1. The Labute approximate surface area is 87.3 Å². The van der Waals surface area contributed by atoms with Gasteiger partial charge >= 0.3 is 5.97 Å². The van der Waals surface area contributed by atoms with Gasteiger partial charge in [0.05, 0.1) is 17.9 Å². The highest BCUT2D eigenvalue weighted by Crippen LogP contribution is 2.15. The molecule has 6 heteroatoms. The van der Waals surface area contributed by atoms with Crippen LogP contribution in [0.25, 0.3) is 0 Å². The fourth-order valence-corrected chi connectivity index (χ4v) is 1.58. The van der Waals surface area contributed by atoms with Gasteiger partial charge in [0.25, 0.3) is 5.56 Å². The first-order valence-electron chi connectivity index (χ1n) is 3.50. The number of carbonyl (C=O) groups is 1. The molecule has 13 heavy (non-hydrogen) atoms. The van der Waals surface area contributed by atoms with Crippen molar-refractivity contribution in [1.29, 1.82) is 0 Å². The third-order valence-corrected chi connectivity index (χ3v) is 2.65. The maximum atomic E-state index is 11.1. The predicted octanol–water partition coefficient (Wildman–Crippen LogP) is 0.563. The van der Waals surface area contributed by atoms with Crippen molar-refractivity contribution < 1.29 is 9.90 Å².